The van der Waals surface area contributed by atoms with Gasteiger partial charge in [0.15, 0.2) is 9.84 Å². The molecular weight excluding hydrogens is 307 g/mol. The fourth-order valence-electron chi connectivity index (χ4n) is 2.28. The van der Waals surface area contributed by atoms with Crippen LogP contribution < -0.4 is 5.73 Å². The van der Waals surface area contributed by atoms with Crippen LogP contribution in [0.3, 0.4) is 0 Å². The van der Waals surface area contributed by atoms with Crippen molar-refractivity contribution < 1.29 is 26.3 Å². The molecule has 0 radical (unpaired) electrons. The van der Waals surface area contributed by atoms with Crippen molar-refractivity contribution in [1.29, 1.82) is 0 Å². The highest BCUT2D eigenvalue weighted by Gasteiger charge is 2.32. The molecule has 21 heavy (non-hydrogen) atoms. The smallest absolute Gasteiger partial charge is 0.398 e. The van der Waals surface area contributed by atoms with Gasteiger partial charge in [-0.15, -0.1) is 0 Å². The third kappa shape index (κ3) is 3.88. The van der Waals surface area contributed by atoms with Gasteiger partial charge in [-0.1, -0.05) is 0 Å². The first kappa shape index (κ1) is 16.1. The Balaban J connectivity index is 2.23. The Bertz CT molecular complexity index is 608. The van der Waals surface area contributed by atoms with Gasteiger partial charge in [-0.3, -0.25) is 0 Å². The summed E-state index contributed by atoms with van der Waals surface area (Å²) in [4.78, 5) is -0.273. The first-order valence-electron chi connectivity index (χ1n) is 6.51. The molecule has 0 saturated carbocycles. The summed E-state index contributed by atoms with van der Waals surface area (Å²) in [5.41, 5.74) is 4.14. The molecule has 1 atom stereocenters. The first-order chi connectivity index (χ1) is 9.70. The van der Waals surface area contributed by atoms with Crippen LogP contribution in [-0.2, 0) is 20.8 Å². The van der Waals surface area contributed by atoms with Gasteiger partial charge in [-0.05, 0) is 37.5 Å². The normalized spacial score (nSPS) is 20.4. The summed E-state index contributed by atoms with van der Waals surface area (Å²) in [5.74, 6) is -0.261. The Hall–Kier alpha value is -1.28. The van der Waals surface area contributed by atoms with E-state index in [0.717, 1.165) is 25.0 Å². The standard InChI is InChI=1S/C13H16F3NO3S/c14-13(15,16)9-4-5-12(11(17)7-9)21(18,19)8-10-3-1-2-6-20-10/h4-5,7,10H,1-3,6,8,17H2. The fourth-order valence-corrected chi connectivity index (χ4v) is 3.91. The molecule has 1 fully saturated rings. The lowest BCUT2D eigenvalue weighted by Crippen LogP contribution is -2.28. The maximum absolute atomic E-state index is 12.5. The van der Waals surface area contributed by atoms with Crippen LogP contribution in [0.1, 0.15) is 24.8 Å². The van der Waals surface area contributed by atoms with Crippen molar-refractivity contribution >= 4 is 15.5 Å². The van der Waals surface area contributed by atoms with Gasteiger partial charge in [0.2, 0.25) is 0 Å². The molecular formula is C13H16F3NO3S. The zero-order valence-electron chi connectivity index (χ0n) is 11.2. The summed E-state index contributed by atoms with van der Waals surface area (Å²) in [7, 11) is -3.77. The monoisotopic (exact) mass is 323 g/mol. The van der Waals surface area contributed by atoms with Gasteiger partial charge in [0.05, 0.1) is 28.0 Å². The summed E-state index contributed by atoms with van der Waals surface area (Å²) >= 11 is 0. The number of ether oxygens (including phenoxy) is 1. The van der Waals surface area contributed by atoms with Gasteiger partial charge in [0.1, 0.15) is 0 Å². The predicted octanol–water partition coefficient (Wildman–Crippen LogP) is 2.63. The Morgan fingerprint density at radius 3 is 2.52 bits per heavy atom. The molecule has 4 nitrogen and oxygen atoms in total. The van der Waals surface area contributed by atoms with Crippen LogP contribution in [0, 0.1) is 0 Å². The lowest BCUT2D eigenvalue weighted by molar-refractivity contribution is -0.137. The van der Waals surface area contributed by atoms with Crippen LogP contribution in [0.15, 0.2) is 23.1 Å². The number of hydrogen-bond acceptors (Lipinski definition) is 4. The van der Waals surface area contributed by atoms with Gasteiger partial charge in [-0.25, -0.2) is 8.42 Å². The van der Waals surface area contributed by atoms with Gasteiger partial charge in [-0.2, -0.15) is 13.2 Å². The van der Waals surface area contributed by atoms with Crippen molar-refractivity contribution in [2.24, 2.45) is 0 Å². The number of sulfone groups is 1. The molecule has 8 heteroatoms. The van der Waals surface area contributed by atoms with Crippen molar-refractivity contribution in [1.82, 2.24) is 0 Å². The summed E-state index contributed by atoms with van der Waals surface area (Å²) in [6.45, 7) is 0.503. The molecule has 1 aliphatic heterocycles. The molecule has 2 rings (SSSR count). The lowest BCUT2D eigenvalue weighted by Gasteiger charge is -2.22. The summed E-state index contributed by atoms with van der Waals surface area (Å²) in [5, 5.41) is 0. The number of halogens is 3. The largest absolute Gasteiger partial charge is 0.416 e. The van der Waals surface area contributed by atoms with Crippen molar-refractivity contribution in [3.05, 3.63) is 23.8 Å². The molecule has 1 aliphatic rings. The predicted molar refractivity (Wildman–Crippen MR) is 71.5 cm³/mol. The van der Waals surface area contributed by atoms with Crippen molar-refractivity contribution in [2.75, 3.05) is 18.1 Å². The topological polar surface area (TPSA) is 69.4 Å². The van der Waals surface area contributed by atoms with Crippen molar-refractivity contribution in [3.63, 3.8) is 0 Å². The van der Waals surface area contributed by atoms with E-state index in [1.807, 2.05) is 0 Å². The quantitative estimate of drug-likeness (QED) is 0.868. The highest BCUT2D eigenvalue weighted by atomic mass is 32.2. The maximum Gasteiger partial charge on any atom is 0.416 e. The molecule has 118 valence electrons. The molecule has 2 N–H and O–H groups in total. The van der Waals surface area contributed by atoms with E-state index >= 15 is 0 Å². The van der Waals surface area contributed by atoms with E-state index in [0.29, 0.717) is 19.1 Å². The number of hydrogen-bond donors (Lipinski definition) is 1. The van der Waals surface area contributed by atoms with Crippen LogP contribution in [0.4, 0.5) is 18.9 Å². The van der Waals surface area contributed by atoms with Gasteiger partial charge < -0.3 is 10.5 Å². The van der Waals surface area contributed by atoms with E-state index in [2.05, 4.69) is 0 Å². The highest BCUT2D eigenvalue weighted by molar-refractivity contribution is 7.91. The molecule has 1 aromatic rings. The minimum absolute atomic E-state index is 0.261. The lowest BCUT2D eigenvalue weighted by atomic mass is 10.1. The van der Waals surface area contributed by atoms with Crippen molar-refractivity contribution in [2.45, 2.75) is 36.4 Å². The Morgan fingerprint density at radius 1 is 1.29 bits per heavy atom. The molecule has 1 saturated heterocycles. The van der Waals surface area contributed by atoms with E-state index in [1.165, 1.54) is 0 Å². The van der Waals surface area contributed by atoms with E-state index in [9.17, 15) is 21.6 Å². The van der Waals surface area contributed by atoms with Crippen LogP contribution in [0.25, 0.3) is 0 Å². The highest BCUT2D eigenvalue weighted by Crippen LogP contribution is 2.33. The van der Waals surface area contributed by atoms with E-state index in [-0.39, 0.29) is 16.3 Å². The minimum Gasteiger partial charge on any atom is -0.398 e. The second-order valence-corrected chi connectivity index (χ2v) is 7.02. The number of benzene rings is 1. The average molecular weight is 323 g/mol. The number of nitrogens with two attached hydrogens (primary N) is 1. The summed E-state index contributed by atoms with van der Waals surface area (Å²) < 4.78 is 67.5. The molecule has 1 unspecified atom stereocenters. The number of anilines is 1. The minimum atomic E-state index is -4.55. The summed E-state index contributed by atoms with van der Waals surface area (Å²) in [6.07, 6.45) is -2.59. The Kier molecular flexibility index (Phi) is 4.48. The number of rotatable bonds is 3. The molecule has 0 bridgehead atoms. The van der Waals surface area contributed by atoms with Gasteiger partial charge in [0, 0.05) is 6.61 Å². The van der Waals surface area contributed by atoms with Crippen molar-refractivity contribution in [3.8, 4) is 0 Å². The third-order valence-electron chi connectivity index (χ3n) is 3.35. The number of nitrogen functional groups attached to an aromatic ring is 1. The SMILES string of the molecule is Nc1cc(C(F)(F)F)ccc1S(=O)(=O)CC1CCCCO1. The zero-order valence-corrected chi connectivity index (χ0v) is 12.0. The van der Waals surface area contributed by atoms with E-state index in [4.69, 9.17) is 10.5 Å². The van der Waals surface area contributed by atoms with E-state index < -0.39 is 27.7 Å². The zero-order chi connectivity index (χ0) is 15.7. The molecule has 1 aromatic carbocycles. The molecule has 0 spiro atoms. The van der Waals surface area contributed by atoms with Crippen LogP contribution >= 0.6 is 0 Å². The van der Waals surface area contributed by atoms with Crippen LogP contribution in [-0.4, -0.2) is 26.9 Å². The molecule has 0 amide bonds. The van der Waals surface area contributed by atoms with E-state index in [1.54, 1.807) is 0 Å². The number of alkyl halides is 3. The molecule has 0 aromatic heterocycles. The third-order valence-corrected chi connectivity index (χ3v) is 5.20. The second kappa shape index (κ2) is 5.84. The second-order valence-electron chi connectivity index (χ2n) is 5.02. The van der Waals surface area contributed by atoms with Gasteiger partial charge in [0.25, 0.3) is 0 Å². The molecule has 1 heterocycles. The van der Waals surface area contributed by atoms with Crippen LogP contribution in [0.2, 0.25) is 0 Å². The molecule has 0 aliphatic carbocycles. The maximum atomic E-state index is 12.5. The van der Waals surface area contributed by atoms with Crippen LogP contribution in [0.5, 0.6) is 0 Å². The summed E-state index contributed by atoms with van der Waals surface area (Å²) in [6, 6.07) is 2.29. The Labute approximate surface area is 121 Å². The fraction of sp³-hybridized carbons (Fsp3) is 0.538. The average Bonchev–Trinajstić information content (AvgIpc) is 2.37. The Morgan fingerprint density at radius 2 is 2.00 bits per heavy atom. The van der Waals surface area contributed by atoms with Gasteiger partial charge >= 0.3 is 6.18 Å². The first-order valence-corrected chi connectivity index (χ1v) is 8.16.